The third kappa shape index (κ3) is 3.92. The molecule has 0 spiro atoms. The number of benzene rings is 1. The van der Waals surface area contributed by atoms with E-state index >= 15 is 0 Å². The summed E-state index contributed by atoms with van der Waals surface area (Å²) in [7, 11) is 0. The molecule has 0 unspecified atom stereocenters. The molecule has 5 heteroatoms. The highest BCUT2D eigenvalue weighted by Gasteiger charge is 2.26. The number of aromatic carboxylic acids is 1. The van der Waals surface area contributed by atoms with Gasteiger partial charge in [-0.3, -0.25) is 0 Å². The molecule has 0 bridgehead atoms. The maximum atomic E-state index is 11.0. The van der Waals surface area contributed by atoms with Gasteiger partial charge in [0.1, 0.15) is 5.82 Å². The summed E-state index contributed by atoms with van der Waals surface area (Å²) < 4.78 is 0. The van der Waals surface area contributed by atoms with Gasteiger partial charge < -0.3 is 15.1 Å². The van der Waals surface area contributed by atoms with Crippen LogP contribution in [0.2, 0.25) is 0 Å². The molecule has 24 heavy (non-hydrogen) atoms. The minimum Gasteiger partial charge on any atom is -0.477 e. The van der Waals surface area contributed by atoms with E-state index in [1.165, 1.54) is 6.07 Å². The standard InChI is InChI=1S/C19H22N2O3/c22-17(13-14-5-2-1-3-6-14)15-9-11-21(12-10-15)18-8-4-7-16(20-18)19(23)24/h1-8,15,17,22H,9-13H2,(H,23,24)/t17-/m0/s1. The molecule has 2 heterocycles. The summed E-state index contributed by atoms with van der Waals surface area (Å²) in [5, 5.41) is 19.5. The second-order valence-electron chi connectivity index (χ2n) is 6.27. The molecule has 0 radical (unpaired) electrons. The maximum Gasteiger partial charge on any atom is 0.354 e. The van der Waals surface area contributed by atoms with Crippen LogP contribution in [-0.2, 0) is 6.42 Å². The van der Waals surface area contributed by atoms with Crippen molar-refractivity contribution in [1.29, 1.82) is 0 Å². The van der Waals surface area contributed by atoms with E-state index in [1.807, 2.05) is 36.4 Å². The van der Waals surface area contributed by atoms with Crippen LogP contribution in [0.15, 0.2) is 48.5 Å². The number of carbonyl (C=O) groups is 1. The Morgan fingerprint density at radius 3 is 2.50 bits per heavy atom. The Bertz CT molecular complexity index is 682. The molecule has 126 valence electrons. The van der Waals surface area contributed by atoms with Gasteiger partial charge in [-0.05, 0) is 42.9 Å². The summed E-state index contributed by atoms with van der Waals surface area (Å²) in [6, 6.07) is 15.1. The number of aliphatic hydroxyl groups is 1. The molecule has 1 saturated heterocycles. The fourth-order valence-electron chi connectivity index (χ4n) is 3.25. The second kappa shape index (κ2) is 7.45. The van der Waals surface area contributed by atoms with Crippen LogP contribution >= 0.6 is 0 Å². The molecule has 0 saturated carbocycles. The van der Waals surface area contributed by atoms with Crippen molar-refractivity contribution in [3.8, 4) is 0 Å². The minimum absolute atomic E-state index is 0.0683. The third-order valence-corrected chi connectivity index (χ3v) is 4.65. The first-order valence-corrected chi connectivity index (χ1v) is 8.31. The second-order valence-corrected chi connectivity index (χ2v) is 6.27. The fourth-order valence-corrected chi connectivity index (χ4v) is 3.25. The van der Waals surface area contributed by atoms with E-state index in [1.54, 1.807) is 6.07 Å². The molecule has 5 nitrogen and oxygen atoms in total. The molecule has 1 aromatic heterocycles. The van der Waals surface area contributed by atoms with Crippen molar-refractivity contribution in [2.24, 2.45) is 5.92 Å². The topological polar surface area (TPSA) is 73.7 Å². The average Bonchev–Trinajstić information content (AvgIpc) is 2.63. The number of anilines is 1. The predicted octanol–water partition coefficient (Wildman–Crippen LogP) is 2.60. The molecule has 1 aliphatic heterocycles. The Morgan fingerprint density at radius 2 is 1.83 bits per heavy atom. The van der Waals surface area contributed by atoms with Crippen LogP contribution in [0.1, 0.15) is 28.9 Å². The number of hydrogen-bond donors (Lipinski definition) is 2. The molecule has 1 atom stereocenters. The Balaban J connectivity index is 1.57. The average molecular weight is 326 g/mol. The summed E-state index contributed by atoms with van der Waals surface area (Å²) in [4.78, 5) is 17.3. The maximum absolute atomic E-state index is 11.0. The van der Waals surface area contributed by atoms with Gasteiger partial charge in [0.25, 0.3) is 0 Å². The smallest absolute Gasteiger partial charge is 0.354 e. The van der Waals surface area contributed by atoms with Crippen molar-refractivity contribution in [3.63, 3.8) is 0 Å². The normalized spacial score (nSPS) is 16.8. The van der Waals surface area contributed by atoms with Gasteiger partial charge in [-0.1, -0.05) is 36.4 Å². The van der Waals surface area contributed by atoms with E-state index in [-0.39, 0.29) is 17.7 Å². The van der Waals surface area contributed by atoms with Crippen LogP contribution in [0.4, 0.5) is 5.82 Å². The van der Waals surface area contributed by atoms with Gasteiger partial charge in [0.15, 0.2) is 5.69 Å². The predicted molar refractivity (Wildman–Crippen MR) is 92.3 cm³/mol. The third-order valence-electron chi connectivity index (χ3n) is 4.65. The van der Waals surface area contributed by atoms with Gasteiger partial charge in [0.2, 0.25) is 0 Å². The number of hydrogen-bond acceptors (Lipinski definition) is 4. The van der Waals surface area contributed by atoms with E-state index in [9.17, 15) is 9.90 Å². The van der Waals surface area contributed by atoms with Gasteiger partial charge in [0, 0.05) is 13.1 Å². The van der Waals surface area contributed by atoms with E-state index < -0.39 is 5.97 Å². The van der Waals surface area contributed by atoms with Crippen LogP contribution in [0, 0.1) is 5.92 Å². The molecule has 0 amide bonds. The summed E-state index contributed by atoms with van der Waals surface area (Å²) in [6.07, 6.45) is 2.10. The van der Waals surface area contributed by atoms with Gasteiger partial charge in [0.05, 0.1) is 6.10 Å². The monoisotopic (exact) mass is 326 g/mol. The highest BCUT2D eigenvalue weighted by atomic mass is 16.4. The molecule has 3 rings (SSSR count). The van der Waals surface area contributed by atoms with Crippen LogP contribution in [0.5, 0.6) is 0 Å². The zero-order valence-electron chi connectivity index (χ0n) is 13.5. The Kier molecular flexibility index (Phi) is 5.11. The van der Waals surface area contributed by atoms with Crippen LogP contribution in [0.3, 0.4) is 0 Å². The molecule has 1 aliphatic rings. The van der Waals surface area contributed by atoms with E-state index in [0.29, 0.717) is 12.2 Å². The Labute approximate surface area is 141 Å². The van der Waals surface area contributed by atoms with Crippen molar-refractivity contribution < 1.29 is 15.0 Å². The molecule has 2 aromatic rings. The largest absolute Gasteiger partial charge is 0.477 e. The highest BCUT2D eigenvalue weighted by molar-refractivity contribution is 5.85. The molecule has 1 aromatic carbocycles. The van der Waals surface area contributed by atoms with Crippen LogP contribution < -0.4 is 4.90 Å². The van der Waals surface area contributed by atoms with E-state index in [0.717, 1.165) is 31.5 Å². The van der Waals surface area contributed by atoms with Gasteiger partial charge in [-0.25, -0.2) is 9.78 Å². The summed E-state index contributed by atoms with van der Waals surface area (Å²) in [5.74, 6) is -0.0416. The number of nitrogens with zero attached hydrogens (tertiary/aromatic N) is 2. The number of aromatic nitrogens is 1. The molecule has 0 aliphatic carbocycles. The summed E-state index contributed by atoms with van der Waals surface area (Å²) >= 11 is 0. The van der Waals surface area contributed by atoms with Crippen molar-refractivity contribution in [3.05, 3.63) is 59.8 Å². The number of rotatable bonds is 5. The minimum atomic E-state index is -1.01. The summed E-state index contributed by atoms with van der Waals surface area (Å²) in [5.41, 5.74) is 1.22. The van der Waals surface area contributed by atoms with Crippen LogP contribution in [-0.4, -0.2) is 40.4 Å². The highest BCUT2D eigenvalue weighted by Crippen LogP contribution is 2.26. The first-order valence-electron chi connectivity index (χ1n) is 8.31. The lowest BCUT2D eigenvalue weighted by atomic mass is 9.88. The number of carboxylic acids is 1. The fraction of sp³-hybridized carbons (Fsp3) is 0.368. The molecule has 2 N–H and O–H groups in total. The van der Waals surface area contributed by atoms with Crippen molar-refractivity contribution in [2.45, 2.75) is 25.4 Å². The van der Waals surface area contributed by atoms with Gasteiger partial charge in [-0.15, -0.1) is 0 Å². The quantitative estimate of drug-likeness (QED) is 0.883. The Morgan fingerprint density at radius 1 is 1.12 bits per heavy atom. The lowest BCUT2D eigenvalue weighted by molar-refractivity contribution is 0.0690. The van der Waals surface area contributed by atoms with Crippen molar-refractivity contribution in [1.82, 2.24) is 4.98 Å². The van der Waals surface area contributed by atoms with E-state index in [4.69, 9.17) is 5.11 Å². The number of carboxylic acid groups (broad SMARTS) is 1. The van der Waals surface area contributed by atoms with Crippen LogP contribution in [0.25, 0.3) is 0 Å². The number of aliphatic hydroxyl groups excluding tert-OH is 1. The van der Waals surface area contributed by atoms with E-state index in [2.05, 4.69) is 9.88 Å². The Hall–Kier alpha value is -2.40. The molecular weight excluding hydrogens is 304 g/mol. The zero-order valence-corrected chi connectivity index (χ0v) is 13.5. The van der Waals surface area contributed by atoms with Gasteiger partial charge >= 0.3 is 5.97 Å². The number of piperidine rings is 1. The van der Waals surface area contributed by atoms with Crippen molar-refractivity contribution in [2.75, 3.05) is 18.0 Å². The van der Waals surface area contributed by atoms with Gasteiger partial charge in [-0.2, -0.15) is 0 Å². The molecule has 1 fully saturated rings. The lowest BCUT2D eigenvalue weighted by Gasteiger charge is -2.35. The lowest BCUT2D eigenvalue weighted by Crippen LogP contribution is -2.39. The first-order chi connectivity index (χ1) is 11.6. The summed E-state index contributed by atoms with van der Waals surface area (Å²) in [6.45, 7) is 1.57. The zero-order chi connectivity index (χ0) is 16.9. The number of pyridine rings is 1. The van der Waals surface area contributed by atoms with Crippen molar-refractivity contribution >= 4 is 11.8 Å². The molecular formula is C19H22N2O3. The SMILES string of the molecule is O=C(O)c1cccc(N2CCC([C@@H](O)Cc3ccccc3)CC2)n1. The first kappa shape index (κ1) is 16.5.